The van der Waals surface area contributed by atoms with Crippen LogP contribution in [0.1, 0.15) is 50.4 Å². The molecule has 0 radical (unpaired) electrons. The van der Waals surface area contributed by atoms with Gasteiger partial charge in [0.1, 0.15) is 11.6 Å². The largest absolute Gasteiger partial charge is 0.467 e. The number of hydrogen-bond donors (Lipinski definition) is 0. The minimum Gasteiger partial charge on any atom is -0.467 e. The molecule has 7 heteroatoms. The molecule has 0 aliphatic carbocycles. The van der Waals surface area contributed by atoms with E-state index in [2.05, 4.69) is 6.92 Å². The highest BCUT2D eigenvalue weighted by molar-refractivity contribution is 5.84. The van der Waals surface area contributed by atoms with Gasteiger partial charge in [-0.25, -0.2) is 4.39 Å². The Morgan fingerprint density at radius 3 is 2.42 bits per heavy atom. The summed E-state index contributed by atoms with van der Waals surface area (Å²) in [5, 5.41) is 0. The van der Waals surface area contributed by atoms with Crippen molar-refractivity contribution in [3.63, 3.8) is 0 Å². The summed E-state index contributed by atoms with van der Waals surface area (Å²) in [5.41, 5.74) is 0.802. The number of ether oxygens (including phenoxy) is 1. The zero-order valence-corrected chi connectivity index (χ0v) is 18.5. The topological polar surface area (TPSA) is 63.0 Å². The minimum atomic E-state index is -0.327. The second-order valence-corrected chi connectivity index (χ2v) is 7.57. The lowest BCUT2D eigenvalue weighted by molar-refractivity contribution is -0.142. The molecule has 1 heterocycles. The van der Waals surface area contributed by atoms with Gasteiger partial charge in [-0.3, -0.25) is 9.59 Å². The molecule has 6 nitrogen and oxygen atoms in total. The van der Waals surface area contributed by atoms with Crippen molar-refractivity contribution >= 4 is 11.8 Å². The van der Waals surface area contributed by atoms with Crippen LogP contribution in [0, 0.1) is 5.82 Å². The average molecular weight is 433 g/mol. The molecule has 0 aliphatic rings. The fraction of sp³-hybridized carbons (Fsp3) is 0.500. The predicted molar refractivity (Wildman–Crippen MR) is 117 cm³/mol. The first-order valence-corrected chi connectivity index (χ1v) is 10.8. The first kappa shape index (κ1) is 24.6. The van der Waals surface area contributed by atoms with Crippen LogP contribution >= 0.6 is 0 Å². The summed E-state index contributed by atoms with van der Waals surface area (Å²) >= 11 is 0. The normalized spacial score (nSPS) is 10.8. The summed E-state index contributed by atoms with van der Waals surface area (Å²) < 4.78 is 23.8. The summed E-state index contributed by atoms with van der Waals surface area (Å²) in [6.45, 7) is 3.39. The number of carbonyl (C=O) groups is 2. The molecule has 1 aromatic carbocycles. The van der Waals surface area contributed by atoms with Crippen LogP contribution in [-0.4, -0.2) is 48.4 Å². The highest BCUT2D eigenvalue weighted by Gasteiger charge is 2.22. The number of halogens is 1. The molecule has 31 heavy (non-hydrogen) atoms. The van der Waals surface area contributed by atoms with Crippen LogP contribution in [0.2, 0.25) is 0 Å². The SMILES string of the molecule is CCCCCCC(=O)N(CCOC)CC(=O)N(Cc1ccc(F)cc1)Cc1ccco1. The van der Waals surface area contributed by atoms with Gasteiger partial charge in [-0.1, -0.05) is 38.3 Å². The van der Waals surface area contributed by atoms with Crippen molar-refractivity contribution in [2.45, 2.75) is 52.1 Å². The molecule has 0 spiro atoms. The molecule has 2 amide bonds. The first-order valence-electron chi connectivity index (χ1n) is 10.8. The van der Waals surface area contributed by atoms with Gasteiger partial charge in [-0.2, -0.15) is 0 Å². The molecule has 170 valence electrons. The number of hydrogen-bond acceptors (Lipinski definition) is 4. The van der Waals surface area contributed by atoms with Crippen molar-refractivity contribution in [3.05, 3.63) is 59.8 Å². The highest BCUT2D eigenvalue weighted by Crippen LogP contribution is 2.13. The smallest absolute Gasteiger partial charge is 0.242 e. The maximum Gasteiger partial charge on any atom is 0.242 e. The number of amides is 2. The fourth-order valence-corrected chi connectivity index (χ4v) is 3.25. The van der Waals surface area contributed by atoms with Crippen molar-refractivity contribution in [1.29, 1.82) is 0 Å². The van der Waals surface area contributed by atoms with Crippen LogP contribution in [0.25, 0.3) is 0 Å². The van der Waals surface area contributed by atoms with Crippen LogP contribution in [0.4, 0.5) is 4.39 Å². The number of benzene rings is 1. The second-order valence-electron chi connectivity index (χ2n) is 7.57. The van der Waals surface area contributed by atoms with E-state index >= 15 is 0 Å². The van der Waals surface area contributed by atoms with E-state index < -0.39 is 0 Å². The van der Waals surface area contributed by atoms with Gasteiger partial charge in [-0.15, -0.1) is 0 Å². The summed E-state index contributed by atoms with van der Waals surface area (Å²) in [5.74, 6) is 0.0804. The van der Waals surface area contributed by atoms with Crippen molar-refractivity contribution < 1.29 is 23.1 Å². The Kier molecular flexibility index (Phi) is 10.8. The standard InChI is InChI=1S/C24H33FN2O4/c1-3-4-5-6-9-23(28)26(14-16-30-2)19-24(29)27(18-22-8-7-15-31-22)17-20-10-12-21(25)13-11-20/h7-8,10-13,15H,3-6,9,14,16-19H2,1-2H3. The van der Waals surface area contributed by atoms with E-state index in [9.17, 15) is 14.0 Å². The molecule has 1 aromatic heterocycles. The van der Waals surface area contributed by atoms with E-state index in [0.29, 0.717) is 31.9 Å². The quantitative estimate of drug-likeness (QED) is 0.415. The van der Waals surface area contributed by atoms with Gasteiger partial charge in [-0.05, 0) is 36.2 Å². The Bertz CT molecular complexity index is 777. The number of methoxy groups -OCH3 is 1. The highest BCUT2D eigenvalue weighted by atomic mass is 19.1. The molecule has 0 bridgehead atoms. The molecule has 0 fully saturated rings. The molecule has 0 aliphatic heterocycles. The third-order valence-corrected chi connectivity index (χ3v) is 5.05. The number of carbonyl (C=O) groups excluding carboxylic acids is 2. The Morgan fingerprint density at radius 2 is 1.77 bits per heavy atom. The van der Waals surface area contributed by atoms with Crippen LogP contribution in [0.5, 0.6) is 0 Å². The molecule has 0 atom stereocenters. The zero-order chi connectivity index (χ0) is 22.5. The van der Waals surface area contributed by atoms with Gasteiger partial charge in [0.05, 0.1) is 26.0 Å². The van der Waals surface area contributed by atoms with E-state index in [1.165, 1.54) is 12.1 Å². The lowest BCUT2D eigenvalue weighted by Gasteiger charge is -2.27. The molecule has 2 rings (SSSR count). The Hall–Kier alpha value is -2.67. The third-order valence-electron chi connectivity index (χ3n) is 5.05. The fourth-order valence-electron chi connectivity index (χ4n) is 3.25. The van der Waals surface area contributed by atoms with E-state index in [0.717, 1.165) is 31.2 Å². The number of furan rings is 1. The second kappa shape index (κ2) is 13.6. The Morgan fingerprint density at radius 1 is 1.00 bits per heavy atom. The average Bonchev–Trinajstić information content (AvgIpc) is 3.28. The van der Waals surface area contributed by atoms with Crippen molar-refractivity contribution in [3.8, 4) is 0 Å². The lowest BCUT2D eigenvalue weighted by atomic mass is 10.1. The molecule has 2 aromatic rings. The van der Waals surface area contributed by atoms with Crippen LogP contribution < -0.4 is 0 Å². The minimum absolute atomic E-state index is 0.0299. The molecule has 0 saturated carbocycles. The van der Waals surface area contributed by atoms with Gasteiger partial charge >= 0.3 is 0 Å². The number of nitrogens with zero attached hydrogens (tertiary/aromatic N) is 2. The molecular weight excluding hydrogens is 399 g/mol. The van der Waals surface area contributed by atoms with Crippen molar-refractivity contribution in [1.82, 2.24) is 9.80 Å². The Balaban J connectivity index is 2.07. The van der Waals surface area contributed by atoms with E-state index in [1.54, 1.807) is 47.4 Å². The monoisotopic (exact) mass is 432 g/mol. The zero-order valence-electron chi connectivity index (χ0n) is 18.5. The first-order chi connectivity index (χ1) is 15.0. The summed E-state index contributed by atoms with van der Waals surface area (Å²) in [6, 6.07) is 9.61. The van der Waals surface area contributed by atoms with Gasteiger partial charge in [0.15, 0.2) is 0 Å². The van der Waals surface area contributed by atoms with Gasteiger partial charge in [0, 0.05) is 26.6 Å². The van der Waals surface area contributed by atoms with Crippen molar-refractivity contribution in [2.75, 3.05) is 26.8 Å². The van der Waals surface area contributed by atoms with Gasteiger partial charge < -0.3 is 19.0 Å². The molecule has 0 unspecified atom stereocenters. The van der Waals surface area contributed by atoms with Crippen LogP contribution in [-0.2, 0) is 27.4 Å². The molecule has 0 saturated heterocycles. The predicted octanol–water partition coefficient (Wildman–Crippen LogP) is 4.39. The van der Waals surface area contributed by atoms with E-state index in [1.807, 2.05) is 0 Å². The maximum absolute atomic E-state index is 13.3. The van der Waals surface area contributed by atoms with Gasteiger partial charge in [0.2, 0.25) is 11.8 Å². The van der Waals surface area contributed by atoms with Crippen LogP contribution in [0.15, 0.2) is 47.1 Å². The van der Waals surface area contributed by atoms with Gasteiger partial charge in [0.25, 0.3) is 0 Å². The Labute approximate surface area is 184 Å². The third kappa shape index (κ3) is 8.92. The van der Waals surface area contributed by atoms with Crippen molar-refractivity contribution in [2.24, 2.45) is 0 Å². The van der Waals surface area contributed by atoms with Crippen LogP contribution in [0.3, 0.4) is 0 Å². The molecule has 0 N–H and O–H groups in total. The maximum atomic E-state index is 13.3. The summed E-state index contributed by atoms with van der Waals surface area (Å²) in [7, 11) is 1.57. The van der Waals surface area contributed by atoms with E-state index in [4.69, 9.17) is 9.15 Å². The lowest BCUT2D eigenvalue weighted by Crippen LogP contribution is -2.43. The molecular formula is C24H33FN2O4. The van der Waals surface area contributed by atoms with E-state index in [-0.39, 0.29) is 30.7 Å². The summed E-state index contributed by atoms with van der Waals surface area (Å²) in [4.78, 5) is 29.1. The summed E-state index contributed by atoms with van der Waals surface area (Å²) in [6.07, 6.45) is 6.00. The number of rotatable bonds is 14. The number of unbranched alkanes of at least 4 members (excludes halogenated alkanes) is 3.